The molecule has 0 aromatic heterocycles. The Morgan fingerprint density at radius 2 is 1.64 bits per heavy atom. The first-order chi connectivity index (χ1) is 21.8. The number of hydrogen-bond donors (Lipinski definition) is 4. The van der Waals surface area contributed by atoms with Crippen LogP contribution in [0.15, 0.2) is 24.3 Å². The van der Waals surface area contributed by atoms with Gasteiger partial charge < -0.3 is 35.6 Å². The second kappa shape index (κ2) is 19.0. The van der Waals surface area contributed by atoms with Gasteiger partial charge in [-0.3, -0.25) is 19.2 Å². The number of nitrogens with one attached hydrogen (secondary N) is 4. The summed E-state index contributed by atoms with van der Waals surface area (Å²) in [5, 5.41) is 10.8. The highest BCUT2D eigenvalue weighted by Gasteiger charge is 2.46. The SMILES string of the molecule is C=CCNC(=O)C(=O)C(CCC)NC(=O)[C@@H]1C(C=C(C)C)CCN1C(=O)[C@@H](NC(=O)N[C@H](COC(=O)OC(C)C)C(C)C)C(C)(C)C. The Bertz CT molecular complexity index is 1160. The van der Waals surface area contributed by atoms with Crippen LogP contribution in [0.3, 0.4) is 0 Å². The van der Waals surface area contributed by atoms with E-state index in [2.05, 4.69) is 27.8 Å². The molecule has 0 aromatic rings. The van der Waals surface area contributed by atoms with Gasteiger partial charge in [-0.2, -0.15) is 0 Å². The Kier molecular flexibility index (Phi) is 16.7. The molecule has 1 heterocycles. The average Bonchev–Trinajstić information content (AvgIpc) is 3.37. The van der Waals surface area contributed by atoms with Crippen molar-refractivity contribution in [3.8, 4) is 0 Å². The van der Waals surface area contributed by atoms with Gasteiger partial charge in [0.1, 0.15) is 18.7 Å². The maximum Gasteiger partial charge on any atom is 0.508 e. The number of carbonyl (C=O) groups is 6. The van der Waals surface area contributed by atoms with Crippen LogP contribution in [0.25, 0.3) is 0 Å². The van der Waals surface area contributed by atoms with E-state index in [1.165, 1.54) is 11.0 Å². The molecule has 0 aromatic carbocycles. The number of nitrogens with zero attached hydrogens (tertiary/aromatic N) is 1. The third-order valence-electron chi connectivity index (χ3n) is 7.61. The van der Waals surface area contributed by atoms with Crippen LogP contribution in [0.5, 0.6) is 0 Å². The maximum absolute atomic E-state index is 14.2. The van der Waals surface area contributed by atoms with Crippen molar-refractivity contribution in [3.63, 3.8) is 0 Å². The minimum Gasteiger partial charge on any atom is -0.432 e. The number of hydrogen-bond acceptors (Lipinski definition) is 8. The summed E-state index contributed by atoms with van der Waals surface area (Å²) < 4.78 is 10.2. The van der Waals surface area contributed by atoms with Crippen LogP contribution in [-0.4, -0.2) is 90.6 Å². The normalized spacial score (nSPS) is 18.0. The highest BCUT2D eigenvalue weighted by Crippen LogP contribution is 2.31. The fourth-order valence-electron chi connectivity index (χ4n) is 5.17. The van der Waals surface area contributed by atoms with Crippen LogP contribution in [0.4, 0.5) is 9.59 Å². The molecule has 13 heteroatoms. The van der Waals surface area contributed by atoms with Crippen molar-refractivity contribution < 1.29 is 38.2 Å². The third kappa shape index (κ3) is 13.4. The second-order valence-corrected chi connectivity index (χ2v) is 13.9. The number of Topliss-reactive ketones (excluding diaryl/α,β-unsaturated/α-hetero) is 1. The summed E-state index contributed by atoms with van der Waals surface area (Å²) in [5.41, 5.74) is 0.190. The number of ether oxygens (including phenoxy) is 2. The highest BCUT2D eigenvalue weighted by atomic mass is 16.7. The molecule has 1 fully saturated rings. The molecule has 0 aliphatic carbocycles. The molecule has 4 N–H and O–H groups in total. The van der Waals surface area contributed by atoms with E-state index in [9.17, 15) is 28.8 Å². The van der Waals surface area contributed by atoms with Crippen molar-refractivity contribution in [1.29, 1.82) is 0 Å². The number of ketones is 1. The summed E-state index contributed by atoms with van der Waals surface area (Å²) in [6, 6.07) is -4.30. The van der Waals surface area contributed by atoms with Gasteiger partial charge in [-0.1, -0.05) is 65.7 Å². The molecule has 0 bridgehead atoms. The smallest absolute Gasteiger partial charge is 0.432 e. The van der Waals surface area contributed by atoms with Gasteiger partial charge in [0.05, 0.1) is 18.2 Å². The van der Waals surface area contributed by atoms with E-state index < -0.39 is 65.3 Å². The van der Waals surface area contributed by atoms with Crippen LogP contribution in [-0.2, 0) is 28.7 Å². The van der Waals surface area contributed by atoms with Gasteiger partial charge in [-0.05, 0) is 51.9 Å². The quantitative estimate of drug-likeness (QED) is 0.110. The fourth-order valence-corrected chi connectivity index (χ4v) is 5.17. The molecular formula is C34H57N5O8. The van der Waals surface area contributed by atoms with E-state index in [1.54, 1.807) is 34.6 Å². The zero-order valence-corrected chi connectivity index (χ0v) is 29.9. The van der Waals surface area contributed by atoms with Crippen molar-refractivity contribution in [2.45, 2.75) is 119 Å². The lowest BCUT2D eigenvalue weighted by molar-refractivity contribution is -0.144. The summed E-state index contributed by atoms with van der Waals surface area (Å²) in [4.78, 5) is 80.2. The van der Waals surface area contributed by atoms with E-state index in [4.69, 9.17) is 9.47 Å². The van der Waals surface area contributed by atoms with E-state index in [1.807, 2.05) is 40.7 Å². The fraction of sp³-hybridized carbons (Fsp3) is 0.706. The van der Waals surface area contributed by atoms with E-state index in [0.29, 0.717) is 12.8 Å². The van der Waals surface area contributed by atoms with Gasteiger partial charge in [0.2, 0.25) is 17.6 Å². The summed E-state index contributed by atoms with van der Waals surface area (Å²) in [6.45, 7) is 21.9. The molecule has 0 radical (unpaired) electrons. The molecule has 13 nitrogen and oxygen atoms in total. The van der Waals surface area contributed by atoms with E-state index >= 15 is 0 Å². The summed E-state index contributed by atoms with van der Waals surface area (Å²) in [7, 11) is 0. The van der Waals surface area contributed by atoms with E-state index in [-0.39, 0.29) is 44.1 Å². The van der Waals surface area contributed by atoms with Crippen LogP contribution >= 0.6 is 0 Å². The third-order valence-corrected chi connectivity index (χ3v) is 7.61. The number of rotatable bonds is 16. The average molecular weight is 664 g/mol. The summed E-state index contributed by atoms with van der Waals surface area (Å²) >= 11 is 0. The summed E-state index contributed by atoms with van der Waals surface area (Å²) in [5.74, 6) is -3.08. The van der Waals surface area contributed by atoms with Gasteiger partial charge in [0.15, 0.2) is 0 Å². The van der Waals surface area contributed by atoms with Crippen molar-refractivity contribution in [2.24, 2.45) is 17.3 Å². The second-order valence-electron chi connectivity index (χ2n) is 13.9. The van der Waals surface area contributed by atoms with Crippen molar-refractivity contribution in [3.05, 3.63) is 24.3 Å². The molecule has 47 heavy (non-hydrogen) atoms. The van der Waals surface area contributed by atoms with Crippen molar-refractivity contribution in [1.82, 2.24) is 26.2 Å². The molecule has 1 aliphatic heterocycles. The number of allylic oxidation sites excluding steroid dienone is 1. The topological polar surface area (TPSA) is 172 Å². The van der Waals surface area contributed by atoms with Crippen molar-refractivity contribution >= 4 is 35.7 Å². The minimum atomic E-state index is -1.07. The lowest BCUT2D eigenvalue weighted by Gasteiger charge is -2.36. The maximum atomic E-state index is 14.2. The molecule has 1 aliphatic rings. The predicted molar refractivity (Wildman–Crippen MR) is 179 cm³/mol. The molecule has 0 saturated carbocycles. The minimum absolute atomic E-state index is 0.106. The highest BCUT2D eigenvalue weighted by molar-refractivity contribution is 6.38. The number of urea groups is 1. The van der Waals surface area contributed by atoms with Crippen LogP contribution < -0.4 is 21.3 Å². The molecule has 266 valence electrons. The van der Waals surface area contributed by atoms with Gasteiger partial charge in [0.25, 0.3) is 5.91 Å². The first-order valence-corrected chi connectivity index (χ1v) is 16.4. The Labute approximate surface area is 280 Å². The Balaban J connectivity index is 3.28. The molecule has 0 spiro atoms. The van der Waals surface area contributed by atoms with Crippen LogP contribution in [0.2, 0.25) is 0 Å². The van der Waals surface area contributed by atoms with Gasteiger partial charge in [-0.25, -0.2) is 9.59 Å². The molecule has 2 unspecified atom stereocenters. The molecular weight excluding hydrogens is 606 g/mol. The monoisotopic (exact) mass is 663 g/mol. The zero-order valence-electron chi connectivity index (χ0n) is 29.9. The van der Waals surface area contributed by atoms with Gasteiger partial charge in [0, 0.05) is 19.0 Å². The van der Waals surface area contributed by atoms with Crippen molar-refractivity contribution in [2.75, 3.05) is 19.7 Å². The predicted octanol–water partition coefficient (Wildman–Crippen LogP) is 3.63. The van der Waals surface area contributed by atoms with Gasteiger partial charge in [-0.15, -0.1) is 6.58 Å². The van der Waals surface area contributed by atoms with Crippen LogP contribution in [0.1, 0.15) is 88.5 Å². The van der Waals surface area contributed by atoms with E-state index in [0.717, 1.165) is 5.57 Å². The Morgan fingerprint density at radius 3 is 2.15 bits per heavy atom. The first-order valence-electron chi connectivity index (χ1n) is 16.4. The number of likely N-dealkylation sites (tertiary alicyclic amines) is 1. The number of carbonyl (C=O) groups excluding carboxylic acids is 6. The Morgan fingerprint density at radius 1 is 1.00 bits per heavy atom. The van der Waals surface area contributed by atoms with Crippen LogP contribution in [0, 0.1) is 17.3 Å². The lowest BCUT2D eigenvalue weighted by atomic mass is 9.85. The molecule has 5 atom stereocenters. The molecule has 1 saturated heterocycles. The summed E-state index contributed by atoms with van der Waals surface area (Å²) in [6.07, 6.45) is 3.43. The first kappa shape index (κ1) is 41.1. The number of amides is 5. The van der Waals surface area contributed by atoms with Gasteiger partial charge >= 0.3 is 12.2 Å². The standard InChI is InChI=1S/C34H57N5O8/c1-12-14-24(27(40)30(42)35-16-13-2)36-29(41)26-23(18-20(3)4)15-17-39(26)31(43)28(34(9,10)11)38-32(44)37-25(21(5)6)19-46-33(45)47-22(7)8/h13,18,21-26,28H,2,12,14-17,19H2,1,3-11H3,(H,35,42)(H,36,41)(H2,37,38,44)/t23?,24?,25-,26+,28-/m1/s1. The lowest BCUT2D eigenvalue weighted by Crippen LogP contribution is -2.61. The largest absolute Gasteiger partial charge is 0.508 e. The molecule has 5 amide bonds. The molecule has 1 rings (SSSR count). The zero-order chi connectivity index (χ0) is 36.1. The Hall–Kier alpha value is -3.90.